The number of sulfonamides is 1. The van der Waals surface area contributed by atoms with E-state index in [4.69, 9.17) is 4.74 Å². The van der Waals surface area contributed by atoms with E-state index in [0.29, 0.717) is 6.42 Å². The van der Waals surface area contributed by atoms with Crippen LogP contribution < -0.4 is 9.64 Å². The molecule has 1 saturated heterocycles. The molecule has 0 unspecified atom stereocenters. The number of methoxy groups -OCH3 is 1. The number of benzene rings is 1. The Labute approximate surface area is 170 Å². The average molecular weight is 417 g/mol. The van der Waals surface area contributed by atoms with E-state index in [0.717, 1.165) is 10.5 Å². The predicted octanol–water partition coefficient (Wildman–Crippen LogP) is 2.00. The van der Waals surface area contributed by atoms with Crippen molar-refractivity contribution in [3.05, 3.63) is 48.3 Å². The van der Waals surface area contributed by atoms with Crippen LogP contribution in [0, 0.1) is 0 Å². The first kappa shape index (κ1) is 20.9. The van der Waals surface area contributed by atoms with Gasteiger partial charge in [0.05, 0.1) is 12.8 Å². The number of carbonyl (C=O) groups is 2. The first-order valence-electron chi connectivity index (χ1n) is 9.31. The van der Waals surface area contributed by atoms with Gasteiger partial charge in [-0.2, -0.15) is 4.31 Å². The minimum Gasteiger partial charge on any atom is -0.495 e. The van der Waals surface area contributed by atoms with Crippen molar-refractivity contribution in [2.24, 2.45) is 0 Å². The van der Waals surface area contributed by atoms with Gasteiger partial charge in [-0.05, 0) is 42.3 Å². The molecule has 1 aliphatic rings. The summed E-state index contributed by atoms with van der Waals surface area (Å²) in [6, 6.07) is 8.01. The second kappa shape index (κ2) is 8.71. The van der Waals surface area contributed by atoms with E-state index >= 15 is 0 Å². The van der Waals surface area contributed by atoms with Gasteiger partial charge in [0, 0.05) is 38.3 Å². The summed E-state index contributed by atoms with van der Waals surface area (Å²) in [5.41, 5.74) is 1.21. The average Bonchev–Trinajstić information content (AvgIpc) is 3.06. The standard InChI is InChI=1S/C20H23N3O5S/c1-3-22(13-10-15-8-11-21-12-9-15)29(26,27)18-14-16(4-5-17(18)28-2)23-19(24)6-7-20(23)25/h4-5,8-9,11-12,14H,3,6-7,10,13H2,1-2H3. The minimum atomic E-state index is -3.91. The summed E-state index contributed by atoms with van der Waals surface area (Å²) < 4.78 is 33.3. The molecule has 9 heteroatoms. The van der Waals surface area contributed by atoms with Crippen LogP contribution >= 0.6 is 0 Å². The molecule has 0 atom stereocenters. The highest BCUT2D eigenvalue weighted by molar-refractivity contribution is 7.89. The van der Waals surface area contributed by atoms with E-state index in [9.17, 15) is 18.0 Å². The lowest BCUT2D eigenvalue weighted by atomic mass is 10.2. The summed E-state index contributed by atoms with van der Waals surface area (Å²) >= 11 is 0. The highest BCUT2D eigenvalue weighted by Gasteiger charge is 2.33. The third-order valence-electron chi connectivity index (χ3n) is 4.83. The Balaban J connectivity index is 1.94. The van der Waals surface area contributed by atoms with Crippen molar-refractivity contribution in [1.29, 1.82) is 0 Å². The minimum absolute atomic E-state index is 0.0680. The molecule has 0 aliphatic carbocycles. The highest BCUT2D eigenvalue weighted by atomic mass is 32.2. The van der Waals surface area contributed by atoms with Gasteiger partial charge in [0.2, 0.25) is 21.8 Å². The number of ether oxygens (including phenoxy) is 1. The zero-order chi connectivity index (χ0) is 21.0. The van der Waals surface area contributed by atoms with Gasteiger partial charge in [0.25, 0.3) is 0 Å². The van der Waals surface area contributed by atoms with Crippen molar-refractivity contribution in [1.82, 2.24) is 9.29 Å². The molecular formula is C20H23N3O5S. The lowest BCUT2D eigenvalue weighted by Gasteiger charge is -2.23. The van der Waals surface area contributed by atoms with Gasteiger partial charge in [-0.1, -0.05) is 6.92 Å². The van der Waals surface area contributed by atoms with Gasteiger partial charge in [0.1, 0.15) is 10.6 Å². The highest BCUT2D eigenvalue weighted by Crippen LogP contribution is 2.33. The SMILES string of the molecule is CCN(CCc1ccncc1)S(=O)(=O)c1cc(N2C(=O)CCC2=O)ccc1OC. The number of hydrogen-bond donors (Lipinski definition) is 0. The fraction of sp³-hybridized carbons (Fsp3) is 0.350. The number of likely N-dealkylation sites (N-methyl/N-ethyl adjacent to an activating group) is 1. The summed E-state index contributed by atoms with van der Waals surface area (Å²) in [7, 11) is -2.53. The molecule has 0 saturated carbocycles. The van der Waals surface area contributed by atoms with Crippen LogP contribution in [0.2, 0.25) is 0 Å². The molecule has 1 fully saturated rings. The van der Waals surface area contributed by atoms with Crippen molar-refractivity contribution in [3.63, 3.8) is 0 Å². The maximum Gasteiger partial charge on any atom is 0.246 e. The summed E-state index contributed by atoms with van der Waals surface area (Å²) in [5, 5.41) is 0. The van der Waals surface area contributed by atoms with Crippen molar-refractivity contribution in [3.8, 4) is 5.75 Å². The van der Waals surface area contributed by atoms with Crippen LogP contribution in [0.5, 0.6) is 5.75 Å². The number of pyridine rings is 1. The number of anilines is 1. The zero-order valence-corrected chi connectivity index (χ0v) is 17.2. The molecule has 0 N–H and O–H groups in total. The Morgan fingerprint density at radius 1 is 1.10 bits per heavy atom. The van der Waals surface area contributed by atoms with E-state index in [2.05, 4.69) is 4.98 Å². The molecule has 0 spiro atoms. The Morgan fingerprint density at radius 2 is 1.76 bits per heavy atom. The fourth-order valence-corrected chi connectivity index (χ4v) is 4.89. The largest absolute Gasteiger partial charge is 0.495 e. The molecule has 3 rings (SSSR count). The first-order chi connectivity index (χ1) is 13.9. The van der Waals surface area contributed by atoms with Gasteiger partial charge in [-0.3, -0.25) is 19.5 Å². The number of aromatic nitrogens is 1. The maximum absolute atomic E-state index is 13.3. The quantitative estimate of drug-likeness (QED) is 0.610. The zero-order valence-electron chi connectivity index (χ0n) is 16.4. The normalized spacial score (nSPS) is 14.7. The van der Waals surface area contributed by atoms with Gasteiger partial charge in [-0.25, -0.2) is 8.42 Å². The Bertz CT molecular complexity index is 992. The van der Waals surface area contributed by atoms with E-state index in [1.54, 1.807) is 19.3 Å². The third-order valence-corrected chi connectivity index (χ3v) is 6.82. The van der Waals surface area contributed by atoms with Crippen molar-refractivity contribution >= 4 is 27.5 Å². The van der Waals surface area contributed by atoms with Crippen LogP contribution in [-0.4, -0.2) is 49.7 Å². The molecule has 2 aromatic rings. The smallest absolute Gasteiger partial charge is 0.246 e. The van der Waals surface area contributed by atoms with E-state index in [1.165, 1.54) is 29.6 Å². The molecular weight excluding hydrogens is 394 g/mol. The van der Waals surface area contributed by atoms with Crippen molar-refractivity contribution < 1.29 is 22.7 Å². The van der Waals surface area contributed by atoms with Crippen LogP contribution in [0.15, 0.2) is 47.6 Å². The molecule has 8 nitrogen and oxygen atoms in total. The second-order valence-corrected chi connectivity index (χ2v) is 8.47. The predicted molar refractivity (Wildman–Crippen MR) is 107 cm³/mol. The molecule has 1 aliphatic heterocycles. The molecule has 1 aromatic heterocycles. The molecule has 154 valence electrons. The van der Waals surface area contributed by atoms with Crippen molar-refractivity contribution in [2.45, 2.75) is 31.1 Å². The molecule has 29 heavy (non-hydrogen) atoms. The Morgan fingerprint density at radius 3 is 2.34 bits per heavy atom. The first-order valence-corrected chi connectivity index (χ1v) is 10.8. The topological polar surface area (TPSA) is 96.9 Å². The maximum atomic E-state index is 13.3. The summed E-state index contributed by atoms with van der Waals surface area (Å²) in [6.45, 7) is 2.30. The molecule has 2 amide bonds. The van der Waals surface area contributed by atoms with Crippen LogP contribution in [0.25, 0.3) is 0 Å². The van der Waals surface area contributed by atoms with Crippen LogP contribution in [0.1, 0.15) is 25.3 Å². The second-order valence-electron chi connectivity index (χ2n) is 6.56. The van der Waals surface area contributed by atoms with Crippen LogP contribution in [0.3, 0.4) is 0 Å². The molecule has 2 heterocycles. The summed E-state index contributed by atoms with van der Waals surface area (Å²) in [6.07, 6.45) is 4.11. The lowest BCUT2D eigenvalue weighted by molar-refractivity contribution is -0.121. The van der Waals surface area contributed by atoms with Crippen LogP contribution in [-0.2, 0) is 26.0 Å². The summed E-state index contributed by atoms with van der Waals surface area (Å²) in [5.74, 6) is -0.516. The van der Waals surface area contributed by atoms with Crippen molar-refractivity contribution in [2.75, 3.05) is 25.1 Å². The number of imide groups is 1. The Kier molecular flexibility index (Phi) is 6.29. The van der Waals surface area contributed by atoms with E-state index in [-0.39, 0.29) is 54.1 Å². The number of amides is 2. The lowest BCUT2D eigenvalue weighted by Crippen LogP contribution is -2.33. The van der Waals surface area contributed by atoms with Gasteiger partial charge in [-0.15, -0.1) is 0 Å². The molecule has 0 radical (unpaired) electrons. The van der Waals surface area contributed by atoms with Gasteiger partial charge in [0.15, 0.2) is 0 Å². The number of carbonyl (C=O) groups excluding carboxylic acids is 2. The van der Waals surface area contributed by atoms with E-state index in [1.807, 2.05) is 12.1 Å². The Hall–Kier alpha value is -2.78. The number of rotatable bonds is 8. The van der Waals surface area contributed by atoms with Gasteiger partial charge < -0.3 is 4.74 Å². The number of nitrogens with zero attached hydrogens (tertiary/aromatic N) is 3. The summed E-state index contributed by atoms with van der Waals surface area (Å²) in [4.78, 5) is 29.0. The fourth-order valence-electron chi connectivity index (χ4n) is 3.26. The molecule has 0 bridgehead atoms. The third kappa shape index (κ3) is 4.30. The van der Waals surface area contributed by atoms with E-state index < -0.39 is 10.0 Å². The van der Waals surface area contributed by atoms with Gasteiger partial charge >= 0.3 is 0 Å². The molecule has 1 aromatic carbocycles. The van der Waals surface area contributed by atoms with Crippen LogP contribution in [0.4, 0.5) is 5.69 Å². The number of hydrogen-bond acceptors (Lipinski definition) is 6. The monoisotopic (exact) mass is 417 g/mol.